The normalized spacial score (nSPS) is 16.8. The van der Waals surface area contributed by atoms with Crippen LogP contribution in [0.5, 0.6) is 0 Å². The van der Waals surface area contributed by atoms with E-state index < -0.39 is 31.4 Å². The Morgan fingerprint density at radius 3 is 2.45 bits per heavy atom. The van der Waals surface area contributed by atoms with Crippen LogP contribution in [-0.4, -0.2) is 49.1 Å². The van der Waals surface area contributed by atoms with E-state index in [-0.39, 0.29) is 6.61 Å². The van der Waals surface area contributed by atoms with Gasteiger partial charge in [0.15, 0.2) is 0 Å². The molecule has 1 amide bonds. The Bertz CT molecular complexity index is 363. The van der Waals surface area contributed by atoms with Gasteiger partial charge in [0.1, 0.15) is 14.0 Å². The number of carbonyl (C=O) groups excluding carboxylic acids is 1. The summed E-state index contributed by atoms with van der Waals surface area (Å²) in [4.78, 5) is 21.1. The highest BCUT2D eigenvalue weighted by molar-refractivity contribution is 7.47. The average Bonchev–Trinajstić information content (AvgIpc) is 2.31. The molecule has 20 heavy (non-hydrogen) atoms. The van der Waals surface area contributed by atoms with Gasteiger partial charge in [-0.3, -0.25) is 13.8 Å². The van der Waals surface area contributed by atoms with E-state index in [0.29, 0.717) is 6.54 Å². The predicted octanol–water partition coefficient (Wildman–Crippen LogP) is 0.0831. The number of aliphatic hydroxyl groups is 1. The third kappa shape index (κ3) is 7.40. The fraction of sp³-hybridized carbons (Fsp3) is 0.909. The number of phosphoric ester groups is 1. The molecule has 0 saturated heterocycles. The van der Waals surface area contributed by atoms with E-state index in [9.17, 15) is 19.4 Å². The van der Waals surface area contributed by atoms with E-state index in [1.54, 1.807) is 27.7 Å². The van der Waals surface area contributed by atoms with Crippen LogP contribution in [0.4, 0.5) is 0 Å². The average molecular weight is 309 g/mol. The summed E-state index contributed by atoms with van der Waals surface area (Å²) in [7, 11) is -2.28. The molecule has 0 aliphatic heterocycles. The zero-order valence-electron chi connectivity index (χ0n) is 12.8. The van der Waals surface area contributed by atoms with E-state index in [1.807, 2.05) is 7.85 Å². The zero-order chi connectivity index (χ0) is 16.0. The Labute approximate surface area is 121 Å². The van der Waals surface area contributed by atoms with Crippen LogP contribution >= 0.6 is 7.82 Å². The molecule has 0 aliphatic rings. The third-order valence-corrected chi connectivity index (χ3v) is 3.62. The van der Waals surface area contributed by atoms with Crippen LogP contribution < -0.4 is 5.32 Å². The molecule has 0 bridgehead atoms. The van der Waals surface area contributed by atoms with E-state index >= 15 is 0 Å². The second kappa shape index (κ2) is 8.15. The van der Waals surface area contributed by atoms with Crippen molar-refractivity contribution in [1.29, 1.82) is 0 Å². The Kier molecular flexibility index (Phi) is 7.99. The fourth-order valence-electron chi connectivity index (χ4n) is 1.32. The van der Waals surface area contributed by atoms with Gasteiger partial charge in [0.25, 0.3) is 0 Å². The van der Waals surface area contributed by atoms with Crippen LogP contribution in [0.1, 0.15) is 27.7 Å². The van der Waals surface area contributed by atoms with Gasteiger partial charge in [-0.25, -0.2) is 4.57 Å². The molecule has 0 spiro atoms. The molecule has 0 aromatic rings. The standard InChI is InChI=1S/C11H25BNO6P/c1-8(2)19-20(16,17)18-7-11(3,4)9(14)10(15)13-6-5-12/h8-9,14H,5-7,12H2,1-4H3,(H,13,15)(H,16,17). The molecule has 0 aliphatic carbocycles. The van der Waals surface area contributed by atoms with E-state index in [2.05, 4.69) is 5.32 Å². The summed E-state index contributed by atoms with van der Waals surface area (Å²) in [6.07, 6.45) is -1.05. The zero-order valence-corrected chi connectivity index (χ0v) is 13.6. The lowest BCUT2D eigenvalue weighted by molar-refractivity contribution is -0.136. The second-order valence-corrected chi connectivity index (χ2v) is 6.98. The summed E-state index contributed by atoms with van der Waals surface area (Å²) < 4.78 is 21.1. The number of hydrogen-bond donors (Lipinski definition) is 3. The van der Waals surface area contributed by atoms with Crippen molar-refractivity contribution in [2.45, 2.75) is 46.2 Å². The van der Waals surface area contributed by atoms with Crippen LogP contribution in [0.3, 0.4) is 0 Å². The molecule has 3 N–H and O–H groups in total. The van der Waals surface area contributed by atoms with Gasteiger partial charge < -0.3 is 15.3 Å². The van der Waals surface area contributed by atoms with Crippen LogP contribution in [-0.2, 0) is 18.4 Å². The van der Waals surface area contributed by atoms with Crippen molar-refractivity contribution in [1.82, 2.24) is 5.32 Å². The van der Waals surface area contributed by atoms with Gasteiger partial charge >= 0.3 is 7.82 Å². The van der Waals surface area contributed by atoms with Gasteiger partial charge in [-0.1, -0.05) is 20.2 Å². The van der Waals surface area contributed by atoms with Crippen molar-refractivity contribution < 1.29 is 28.4 Å². The highest BCUT2D eigenvalue weighted by Gasteiger charge is 2.36. The summed E-state index contributed by atoms with van der Waals surface area (Å²) in [5.74, 6) is -0.530. The number of hydrogen-bond acceptors (Lipinski definition) is 5. The first kappa shape index (κ1) is 19.6. The first-order chi connectivity index (χ1) is 9.02. The number of amides is 1. The largest absolute Gasteiger partial charge is 0.472 e. The first-order valence-corrected chi connectivity index (χ1v) is 8.13. The Balaban J connectivity index is 4.50. The molecule has 0 radical (unpaired) electrons. The maximum atomic E-state index is 11.7. The minimum absolute atomic E-state index is 0.284. The fourth-order valence-corrected chi connectivity index (χ4v) is 2.41. The lowest BCUT2D eigenvalue weighted by atomic mass is 9.87. The van der Waals surface area contributed by atoms with Gasteiger partial charge in [0, 0.05) is 12.0 Å². The molecule has 0 saturated carbocycles. The van der Waals surface area contributed by atoms with Crippen LogP contribution in [0.25, 0.3) is 0 Å². The summed E-state index contributed by atoms with van der Waals surface area (Å²) in [5.41, 5.74) is -1.02. The number of aliphatic hydroxyl groups excluding tert-OH is 1. The van der Waals surface area contributed by atoms with Crippen molar-refractivity contribution in [2.75, 3.05) is 13.2 Å². The highest BCUT2D eigenvalue weighted by atomic mass is 31.2. The molecular weight excluding hydrogens is 284 g/mol. The number of rotatable bonds is 9. The topological polar surface area (TPSA) is 105 Å². The molecule has 0 aromatic carbocycles. The van der Waals surface area contributed by atoms with E-state index in [4.69, 9.17) is 9.05 Å². The maximum Gasteiger partial charge on any atom is 0.472 e. The Hall–Kier alpha value is -0.395. The van der Waals surface area contributed by atoms with Crippen molar-refractivity contribution >= 4 is 21.6 Å². The monoisotopic (exact) mass is 309 g/mol. The van der Waals surface area contributed by atoms with Crippen LogP contribution in [0, 0.1) is 5.41 Å². The first-order valence-electron chi connectivity index (χ1n) is 6.63. The minimum atomic E-state index is -4.18. The second-order valence-electron chi connectivity index (χ2n) is 5.58. The molecule has 2 unspecified atom stereocenters. The van der Waals surface area contributed by atoms with Crippen molar-refractivity contribution in [3.63, 3.8) is 0 Å². The molecule has 9 heteroatoms. The van der Waals surface area contributed by atoms with Crippen molar-refractivity contribution in [2.24, 2.45) is 5.41 Å². The lowest BCUT2D eigenvalue weighted by Crippen LogP contribution is -2.46. The number of nitrogens with one attached hydrogen (secondary N) is 1. The smallest absolute Gasteiger partial charge is 0.383 e. The summed E-state index contributed by atoms with van der Waals surface area (Å²) in [6.45, 7) is 6.52. The van der Waals surface area contributed by atoms with Gasteiger partial charge in [-0.05, 0) is 13.8 Å². The Morgan fingerprint density at radius 1 is 1.45 bits per heavy atom. The molecule has 118 valence electrons. The highest BCUT2D eigenvalue weighted by Crippen LogP contribution is 2.46. The van der Waals surface area contributed by atoms with Gasteiger partial charge in [0.05, 0.1) is 12.7 Å². The molecule has 0 heterocycles. The SMILES string of the molecule is BCCNC(=O)C(O)C(C)(C)COP(=O)(O)OC(C)C. The van der Waals surface area contributed by atoms with Crippen molar-refractivity contribution in [3.05, 3.63) is 0 Å². The van der Waals surface area contributed by atoms with Gasteiger partial charge in [-0.15, -0.1) is 0 Å². The van der Waals surface area contributed by atoms with Crippen molar-refractivity contribution in [3.8, 4) is 0 Å². The molecule has 0 rings (SSSR count). The van der Waals surface area contributed by atoms with Gasteiger partial charge in [0.2, 0.25) is 5.91 Å². The predicted molar refractivity (Wildman–Crippen MR) is 78.1 cm³/mol. The Morgan fingerprint density at radius 2 is 2.00 bits per heavy atom. The maximum absolute atomic E-state index is 11.7. The molecule has 7 nitrogen and oxygen atoms in total. The minimum Gasteiger partial charge on any atom is -0.383 e. The van der Waals surface area contributed by atoms with E-state index in [1.165, 1.54) is 0 Å². The van der Waals surface area contributed by atoms with Gasteiger partial charge in [-0.2, -0.15) is 0 Å². The molecule has 2 atom stereocenters. The molecular formula is C11H25BNO6P. The van der Waals surface area contributed by atoms with E-state index in [0.717, 1.165) is 6.32 Å². The number of carbonyl (C=O) groups is 1. The summed E-state index contributed by atoms with van der Waals surface area (Å²) in [5, 5.41) is 12.5. The molecule has 0 fully saturated rings. The van der Waals surface area contributed by atoms with Crippen LogP contribution in [0.2, 0.25) is 6.32 Å². The lowest BCUT2D eigenvalue weighted by Gasteiger charge is -2.30. The van der Waals surface area contributed by atoms with Crippen LogP contribution in [0.15, 0.2) is 0 Å². The number of phosphoric acid groups is 1. The summed E-state index contributed by atoms with van der Waals surface area (Å²) >= 11 is 0. The summed E-state index contributed by atoms with van der Waals surface area (Å²) in [6, 6.07) is 0. The third-order valence-electron chi connectivity index (χ3n) is 2.48. The molecule has 0 aromatic heterocycles. The quantitative estimate of drug-likeness (QED) is 0.411.